The van der Waals surface area contributed by atoms with Crippen LogP contribution in [0.15, 0.2) is 18.3 Å². The van der Waals surface area contributed by atoms with E-state index in [1.54, 1.807) is 14.2 Å². The van der Waals surface area contributed by atoms with E-state index in [0.29, 0.717) is 13.2 Å². The molecule has 0 saturated heterocycles. The highest BCUT2D eigenvalue weighted by molar-refractivity contribution is 5.48. The molecular weight excluding hydrogens is 242 g/mol. The zero-order valence-corrected chi connectivity index (χ0v) is 12.3. The summed E-state index contributed by atoms with van der Waals surface area (Å²) >= 11 is 0. The molecule has 1 heterocycles. The summed E-state index contributed by atoms with van der Waals surface area (Å²) in [6, 6.07) is 4.34. The molecular formula is C14H25N3O2. The van der Waals surface area contributed by atoms with E-state index < -0.39 is 0 Å². The Morgan fingerprint density at radius 3 is 2.42 bits per heavy atom. The topological polar surface area (TPSA) is 46.6 Å². The number of pyridine rings is 1. The predicted octanol–water partition coefficient (Wildman–Crippen LogP) is 1.46. The number of rotatable bonds is 9. The van der Waals surface area contributed by atoms with Crippen LogP contribution in [0.25, 0.3) is 0 Å². The van der Waals surface area contributed by atoms with Crippen molar-refractivity contribution < 1.29 is 9.47 Å². The Balaban J connectivity index is 2.92. The Morgan fingerprint density at radius 2 is 1.89 bits per heavy atom. The number of aromatic nitrogens is 1. The lowest BCUT2D eigenvalue weighted by Gasteiger charge is -2.27. The third-order valence-corrected chi connectivity index (χ3v) is 3.15. The average Bonchev–Trinajstić information content (AvgIpc) is 2.47. The van der Waals surface area contributed by atoms with Crippen LogP contribution in [0.4, 0.5) is 5.82 Å². The first-order valence-electron chi connectivity index (χ1n) is 6.59. The number of nitrogens with one attached hydrogen (secondary N) is 1. The van der Waals surface area contributed by atoms with Crippen LogP contribution in [0.1, 0.15) is 18.5 Å². The lowest BCUT2D eigenvalue weighted by atomic mass is 10.1. The van der Waals surface area contributed by atoms with Gasteiger partial charge in [0, 0.05) is 45.1 Å². The lowest BCUT2D eigenvalue weighted by molar-refractivity contribution is 0.190. The first-order chi connectivity index (χ1) is 9.24. The van der Waals surface area contributed by atoms with Crippen molar-refractivity contribution in [1.82, 2.24) is 10.3 Å². The van der Waals surface area contributed by atoms with Crippen molar-refractivity contribution in [1.29, 1.82) is 0 Å². The lowest BCUT2D eigenvalue weighted by Crippen LogP contribution is -2.33. The van der Waals surface area contributed by atoms with Gasteiger partial charge in [0.15, 0.2) is 0 Å². The smallest absolute Gasteiger partial charge is 0.133 e. The summed E-state index contributed by atoms with van der Waals surface area (Å²) < 4.78 is 10.3. The fourth-order valence-corrected chi connectivity index (χ4v) is 1.89. The van der Waals surface area contributed by atoms with E-state index >= 15 is 0 Å². The molecule has 1 atom stereocenters. The number of nitrogens with zero attached hydrogens (tertiary/aromatic N) is 2. The Morgan fingerprint density at radius 1 is 1.26 bits per heavy atom. The molecule has 5 nitrogen and oxygen atoms in total. The molecule has 0 aliphatic rings. The molecule has 1 rings (SSSR count). The van der Waals surface area contributed by atoms with Crippen molar-refractivity contribution >= 4 is 5.82 Å². The maximum absolute atomic E-state index is 5.17. The van der Waals surface area contributed by atoms with Crippen LogP contribution in [-0.2, 0) is 9.47 Å². The first kappa shape index (κ1) is 15.9. The van der Waals surface area contributed by atoms with E-state index in [4.69, 9.17) is 9.47 Å². The van der Waals surface area contributed by atoms with Crippen LogP contribution in [-0.4, -0.2) is 52.6 Å². The van der Waals surface area contributed by atoms with Crippen molar-refractivity contribution in [2.45, 2.75) is 13.0 Å². The minimum absolute atomic E-state index is 0.260. The van der Waals surface area contributed by atoms with Crippen molar-refractivity contribution in [3.63, 3.8) is 0 Å². The first-order valence-corrected chi connectivity index (χ1v) is 6.59. The van der Waals surface area contributed by atoms with Gasteiger partial charge in [0.25, 0.3) is 0 Å². The molecule has 1 unspecified atom stereocenters. The molecule has 1 N–H and O–H groups in total. The number of ether oxygens (including phenoxy) is 2. The third kappa shape index (κ3) is 4.78. The van der Waals surface area contributed by atoms with Crippen molar-refractivity contribution in [3.05, 3.63) is 23.9 Å². The van der Waals surface area contributed by atoms with Gasteiger partial charge in [-0.1, -0.05) is 6.07 Å². The molecule has 0 fully saturated rings. The van der Waals surface area contributed by atoms with Gasteiger partial charge < -0.3 is 19.7 Å². The minimum atomic E-state index is 0.260. The molecule has 0 bridgehead atoms. The largest absolute Gasteiger partial charge is 0.383 e. The fourth-order valence-electron chi connectivity index (χ4n) is 1.89. The van der Waals surface area contributed by atoms with Crippen LogP contribution in [0, 0.1) is 0 Å². The van der Waals surface area contributed by atoms with E-state index in [-0.39, 0.29) is 6.04 Å². The summed E-state index contributed by atoms with van der Waals surface area (Å²) in [5.41, 5.74) is 1.19. The summed E-state index contributed by atoms with van der Waals surface area (Å²) in [5, 5.41) is 3.26. The van der Waals surface area contributed by atoms with E-state index in [1.165, 1.54) is 5.56 Å². The Labute approximate surface area is 115 Å². The Bertz CT molecular complexity index is 352. The van der Waals surface area contributed by atoms with Crippen LogP contribution < -0.4 is 10.2 Å². The number of anilines is 1. The van der Waals surface area contributed by atoms with Gasteiger partial charge in [0.2, 0.25) is 0 Å². The molecule has 0 spiro atoms. The Kier molecular flexibility index (Phi) is 7.40. The Hall–Kier alpha value is -1.17. The summed E-state index contributed by atoms with van der Waals surface area (Å²) in [4.78, 5) is 6.73. The highest BCUT2D eigenvalue weighted by Crippen LogP contribution is 2.23. The SMILES string of the molecule is CNC(C)c1cccnc1N(CCOC)CCOC. The van der Waals surface area contributed by atoms with Crippen LogP contribution in [0.3, 0.4) is 0 Å². The van der Waals surface area contributed by atoms with E-state index in [2.05, 4.69) is 28.2 Å². The van der Waals surface area contributed by atoms with Gasteiger partial charge in [-0.05, 0) is 20.0 Å². The third-order valence-electron chi connectivity index (χ3n) is 3.15. The van der Waals surface area contributed by atoms with Crippen molar-refractivity contribution in [3.8, 4) is 0 Å². The van der Waals surface area contributed by atoms with Crippen LogP contribution >= 0.6 is 0 Å². The maximum Gasteiger partial charge on any atom is 0.133 e. The monoisotopic (exact) mass is 267 g/mol. The molecule has 5 heteroatoms. The highest BCUT2D eigenvalue weighted by Gasteiger charge is 2.15. The second-order valence-corrected chi connectivity index (χ2v) is 4.40. The molecule has 0 aromatic carbocycles. The van der Waals surface area contributed by atoms with Crippen molar-refractivity contribution in [2.75, 3.05) is 52.5 Å². The summed E-state index contributed by atoms with van der Waals surface area (Å²) in [7, 11) is 5.38. The summed E-state index contributed by atoms with van der Waals surface area (Å²) in [6.07, 6.45) is 1.83. The van der Waals surface area contributed by atoms with Gasteiger partial charge in [0.05, 0.1) is 13.2 Å². The van der Waals surface area contributed by atoms with Gasteiger partial charge in [0.1, 0.15) is 5.82 Å². The fraction of sp³-hybridized carbons (Fsp3) is 0.643. The van der Waals surface area contributed by atoms with E-state index in [0.717, 1.165) is 18.9 Å². The molecule has 0 amide bonds. The number of hydrogen-bond donors (Lipinski definition) is 1. The summed E-state index contributed by atoms with van der Waals surface area (Å²) in [6.45, 7) is 5.09. The molecule has 1 aromatic rings. The highest BCUT2D eigenvalue weighted by atomic mass is 16.5. The predicted molar refractivity (Wildman–Crippen MR) is 77.7 cm³/mol. The van der Waals surface area contributed by atoms with E-state index in [9.17, 15) is 0 Å². The van der Waals surface area contributed by atoms with Gasteiger partial charge in [-0.15, -0.1) is 0 Å². The molecule has 0 radical (unpaired) electrons. The molecule has 19 heavy (non-hydrogen) atoms. The van der Waals surface area contributed by atoms with Crippen molar-refractivity contribution in [2.24, 2.45) is 0 Å². The maximum atomic E-state index is 5.17. The second kappa shape index (κ2) is 8.85. The van der Waals surface area contributed by atoms with Gasteiger partial charge >= 0.3 is 0 Å². The quantitative estimate of drug-likeness (QED) is 0.734. The standard InChI is InChI=1S/C14H25N3O2/c1-12(15-2)13-6-5-7-16-14(13)17(8-10-18-3)9-11-19-4/h5-7,12,15H,8-11H2,1-4H3. The van der Waals surface area contributed by atoms with Gasteiger partial charge in [-0.3, -0.25) is 0 Å². The minimum Gasteiger partial charge on any atom is -0.383 e. The molecule has 1 aromatic heterocycles. The summed E-state index contributed by atoms with van der Waals surface area (Å²) in [5.74, 6) is 0.999. The van der Waals surface area contributed by atoms with Gasteiger partial charge in [-0.25, -0.2) is 4.98 Å². The molecule has 108 valence electrons. The van der Waals surface area contributed by atoms with Crippen LogP contribution in [0.5, 0.6) is 0 Å². The number of hydrogen-bond acceptors (Lipinski definition) is 5. The molecule has 0 saturated carbocycles. The number of methoxy groups -OCH3 is 2. The van der Waals surface area contributed by atoms with Crippen LogP contribution in [0.2, 0.25) is 0 Å². The van der Waals surface area contributed by atoms with E-state index in [1.807, 2.05) is 19.3 Å². The normalized spacial score (nSPS) is 12.4. The second-order valence-electron chi connectivity index (χ2n) is 4.40. The molecule has 0 aliphatic heterocycles. The zero-order valence-electron chi connectivity index (χ0n) is 12.3. The average molecular weight is 267 g/mol. The van der Waals surface area contributed by atoms with Gasteiger partial charge in [-0.2, -0.15) is 0 Å². The molecule has 0 aliphatic carbocycles. The zero-order chi connectivity index (χ0) is 14.1.